The van der Waals surface area contributed by atoms with Gasteiger partial charge in [0.15, 0.2) is 0 Å². The fraction of sp³-hybridized carbons (Fsp3) is 0.800. The number of Topliss-reactive ketones (excluding diaryl/α,β-unsaturated/α-hetero) is 1. The van der Waals surface area contributed by atoms with Crippen molar-refractivity contribution in [2.24, 2.45) is 5.73 Å². The number of hydrogen-bond acceptors (Lipinski definition) is 3. The molecule has 0 aromatic heterocycles. The molecule has 3 heteroatoms. The summed E-state index contributed by atoms with van der Waals surface area (Å²) >= 11 is 1.59. The van der Waals surface area contributed by atoms with Crippen LogP contribution in [0.5, 0.6) is 0 Å². The summed E-state index contributed by atoms with van der Waals surface area (Å²) in [5.41, 5.74) is 5.36. The molecule has 0 saturated heterocycles. The van der Waals surface area contributed by atoms with Crippen molar-refractivity contribution in [1.29, 1.82) is 0 Å². The van der Waals surface area contributed by atoms with Gasteiger partial charge in [0.1, 0.15) is 5.78 Å². The topological polar surface area (TPSA) is 43.1 Å². The Hall–Kier alpha value is -0.0200. The van der Waals surface area contributed by atoms with Gasteiger partial charge < -0.3 is 5.73 Å². The molecule has 48 valence electrons. The lowest BCUT2D eigenvalue weighted by molar-refractivity contribution is -0.117. The first-order chi connectivity index (χ1) is 3.68. The van der Waals surface area contributed by atoms with E-state index in [1.54, 1.807) is 11.8 Å². The van der Waals surface area contributed by atoms with E-state index in [-0.39, 0.29) is 11.8 Å². The second kappa shape index (κ2) is 3.92. The Morgan fingerprint density at radius 1 is 1.88 bits per heavy atom. The van der Waals surface area contributed by atoms with Gasteiger partial charge in [-0.05, 0) is 13.2 Å². The highest BCUT2D eigenvalue weighted by molar-refractivity contribution is 7.98. The van der Waals surface area contributed by atoms with Gasteiger partial charge in [-0.25, -0.2) is 0 Å². The molecule has 8 heavy (non-hydrogen) atoms. The van der Waals surface area contributed by atoms with Crippen molar-refractivity contribution in [3.05, 3.63) is 0 Å². The molecule has 0 saturated carbocycles. The Morgan fingerprint density at radius 3 is 2.50 bits per heavy atom. The van der Waals surface area contributed by atoms with Crippen LogP contribution in [0.25, 0.3) is 0 Å². The van der Waals surface area contributed by atoms with Gasteiger partial charge in [0.25, 0.3) is 0 Å². The molecule has 0 bridgehead atoms. The third kappa shape index (κ3) is 3.04. The monoisotopic (exact) mass is 133 g/mol. The maximum absolute atomic E-state index is 10.4. The lowest BCUT2D eigenvalue weighted by atomic mass is 10.3. The summed E-state index contributed by atoms with van der Waals surface area (Å²) in [6.07, 6.45) is 1.93. The minimum absolute atomic E-state index is 0.0688. The molecule has 0 amide bonds. The lowest BCUT2D eigenvalue weighted by Gasteiger charge is -2.02. The van der Waals surface area contributed by atoms with Crippen molar-refractivity contribution in [3.63, 3.8) is 0 Å². The van der Waals surface area contributed by atoms with Crippen molar-refractivity contribution in [1.82, 2.24) is 0 Å². The van der Waals surface area contributed by atoms with E-state index >= 15 is 0 Å². The van der Waals surface area contributed by atoms with Crippen LogP contribution in [0.3, 0.4) is 0 Å². The molecule has 1 atom stereocenters. The van der Waals surface area contributed by atoms with Crippen LogP contribution in [-0.4, -0.2) is 23.8 Å². The van der Waals surface area contributed by atoms with Crippen molar-refractivity contribution >= 4 is 17.5 Å². The summed E-state index contributed by atoms with van der Waals surface area (Å²) in [6.45, 7) is 1.51. The van der Waals surface area contributed by atoms with Gasteiger partial charge in [-0.2, -0.15) is 11.8 Å². The van der Waals surface area contributed by atoms with Crippen LogP contribution in [0.4, 0.5) is 0 Å². The summed E-state index contributed by atoms with van der Waals surface area (Å²) in [7, 11) is 0. The average molecular weight is 133 g/mol. The second-order valence-electron chi connectivity index (χ2n) is 1.67. The number of ketones is 1. The molecule has 0 aliphatic heterocycles. The highest BCUT2D eigenvalue weighted by Gasteiger charge is 2.04. The van der Waals surface area contributed by atoms with Gasteiger partial charge in [-0.1, -0.05) is 0 Å². The maximum atomic E-state index is 10.4. The standard InChI is InChI=1S/C5H11NOS/c1-4(7)5(6)3-8-2/h5H,3,6H2,1-2H3/t5-/m0/s1. The minimum Gasteiger partial charge on any atom is -0.321 e. The van der Waals surface area contributed by atoms with Gasteiger partial charge >= 0.3 is 0 Å². The Labute approximate surface area is 53.8 Å². The molecule has 0 heterocycles. The quantitative estimate of drug-likeness (QED) is 0.600. The zero-order chi connectivity index (χ0) is 6.57. The lowest BCUT2D eigenvalue weighted by Crippen LogP contribution is -2.30. The Balaban J connectivity index is 3.32. The summed E-state index contributed by atoms with van der Waals surface area (Å²) in [5, 5.41) is 0. The Bertz CT molecular complexity index is 84.5. The van der Waals surface area contributed by atoms with Gasteiger partial charge in [-0.15, -0.1) is 0 Å². The first-order valence-corrected chi connectivity index (χ1v) is 3.83. The largest absolute Gasteiger partial charge is 0.321 e. The third-order valence-electron chi connectivity index (χ3n) is 0.868. The average Bonchev–Trinajstić information content (AvgIpc) is 1.67. The summed E-state index contributed by atoms with van der Waals surface area (Å²) in [4.78, 5) is 10.4. The number of nitrogens with two attached hydrogens (primary N) is 1. The summed E-state index contributed by atoms with van der Waals surface area (Å²) in [6, 6.07) is -0.259. The zero-order valence-corrected chi connectivity index (χ0v) is 5.99. The number of rotatable bonds is 3. The highest BCUT2D eigenvalue weighted by Crippen LogP contribution is 1.94. The minimum atomic E-state index is -0.259. The first kappa shape index (κ1) is 7.98. The molecule has 2 nitrogen and oxygen atoms in total. The van der Waals surface area contributed by atoms with E-state index in [4.69, 9.17) is 5.73 Å². The van der Waals surface area contributed by atoms with Crippen molar-refractivity contribution in [3.8, 4) is 0 Å². The molecular formula is C5H11NOS. The van der Waals surface area contributed by atoms with Crippen molar-refractivity contribution in [2.75, 3.05) is 12.0 Å². The molecule has 0 unspecified atom stereocenters. The summed E-state index contributed by atoms with van der Waals surface area (Å²) in [5.74, 6) is 0.800. The zero-order valence-electron chi connectivity index (χ0n) is 5.18. The molecule has 0 aliphatic carbocycles. The van der Waals surface area contributed by atoms with E-state index in [9.17, 15) is 4.79 Å². The van der Waals surface area contributed by atoms with Crippen LogP contribution in [0.15, 0.2) is 0 Å². The van der Waals surface area contributed by atoms with Crippen LogP contribution in [0.2, 0.25) is 0 Å². The van der Waals surface area contributed by atoms with Crippen LogP contribution >= 0.6 is 11.8 Å². The normalized spacial score (nSPS) is 13.4. The molecule has 0 radical (unpaired) electrons. The molecular weight excluding hydrogens is 122 g/mol. The van der Waals surface area contributed by atoms with E-state index in [0.29, 0.717) is 0 Å². The highest BCUT2D eigenvalue weighted by atomic mass is 32.2. The molecule has 0 rings (SSSR count). The first-order valence-electron chi connectivity index (χ1n) is 2.43. The van der Waals surface area contributed by atoms with E-state index < -0.39 is 0 Å². The predicted molar refractivity (Wildman–Crippen MR) is 37.0 cm³/mol. The van der Waals surface area contributed by atoms with E-state index in [0.717, 1.165) is 5.75 Å². The van der Waals surface area contributed by atoms with Gasteiger partial charge in [0.05, 0.1) is 6.04 Å². The maximum Gasteiger partial charge on any atom is 0.147 e. The molecule has 0 aromatic carbocycles. The molecule has 2 N–H and O–H groups in total. The SMILES string of the molecule is CSC[C@H](N)C(C)=O. The van der Waals surface area contributed by atoms with Crippen LogP contribution in [-0.2, 0) is 4.79 Å². The van der Waals surface area contributed by atoms with E-state index in [2.05, 4.69) is 0 Å². The van der Waals surface area contributed by atoms with E-state index in [1.165, 1.54) is 6.92 Å². The van der Waals surface area contributed by atoms with E-state index in [1.807, 2.05) is 6.26 Å². The second-order valence-corrected chi connectivity index (χ2v) is 2.58. The Kier molecular flexibility index (Phi) is 3.91. The fourth-order valence-electron chi connectivity index (χ4n) is 0.297. The Morgan fingerprint density at radius 2 is 2.38 bits per heavy atom. The molecule has 0 aliphatic rings. The number of carbonyl (C=O) groups is 1. The number of hydrogen-bond donors (Lipinski definition) is 1. The van der Waals surface area contributed by atoms with Gasteiger partial charge in [0.2, 0.25) is 0 Å². The van der Waals surface area contributed by atoms with Crippen molar-refractivity contribution < 1.29 is 4.79 Å². The predicted octanol–water partition coefficient (Wildman–Crippen LogP) is 0.266. The van der Waals surface area contributed by atoms with Crippen LogP contribution in [0.1, 0.15) is 6.92 Å². The number of carbonyl (C=O) groups excluding carboxylic acids is 1. The van der Waals surface area contributed by atoms with Crippen molar-refractivity contribution in [2.45, 2.75) is 13.0 Å². The molecule has 0 fully saturated rings. The number of thioether (sulfide) groups is 1. The fourth-order valence-corrected chi connectivity index (χ4v) is 0.891. The third-order valence-corrected chi connectivity index (χ3v) is 1.56. The van der Waals surface area contributed by atoms with Crippen LogP contribution < -0.4 is 5.73 Å². The van der Waals surface area contributed by atoms with Crippen LogP contribution in [0, 0.1) is 0 Å². The van der Waals surface area contributed by atoms with Gasteiger partial charge in [0, 0.05) is 5.75 Å². The summed E-state index contributed by atoms with van der Waals surface area (Å²) < 4.78 is 0. The molecule has 0 aromatic rings. The molecule has 0 spiro atoms. The van der Waals surface area contributed by atoms with Gasteiger partial charge in [-0.3, -0.25) is 4.79 Å². The smallest absolute Gasteiger partial charge is 0.147 e.